The molecule has 16 heavy (non-hydrogen) atoms. The largest absolute Gasteiger partial charge is 0.313 e. The number of aryl methyl sites for hydroxylation is 1. The Bertz CT molecular complexity index is 324. The highest BCUT2D eigenvalue weighted by Crippen LogP contribution is 2.26. The van der Waals surface area contributed by atoms with Crippen molar-refractivity contribution in [2.24, 2.45) is 13.0 Å². The van der Waals surface area contributed by atoms with E-state index in [-0.39, 0.29) is 0 Å². The second-order valence-corrected chi connectivity index (χ2v) is 4.99. The van der Waals surface area contributed by atoms with Gasteiger partial charge in [0.15, 0.2) is 0 Å². The second kappa shape index (κ2) is 5.69. The summed E-state index contributed by atoms with van der Waals surface area (Å²) in [6.45, 7) is 1.03. The van der Waals surface area contributed by atoms with E-state index in [9.17, 15) is 0 Å². The molecular formula is C12H20ClN3. The van der Waals surface area contributed by atoms with Crippen molar-refractivity contribution in [1.82, 2.24) is 15.1 Å². The van der Waals surface area contributed by atoms with Crippen LogP contribution in [0.15, 0.2) is 12.4 Å². The Kier molecular flexibility index (Phi) is 4.24. The average molecular weight is 242 g/mol. The van der Waals surface area contributed by atoms with Crippen molar-refractivity contribution in [3.05, 3.63) is 18.0 Å². The van der Waals surface area contributed by atoms with E-state index in [0.717, 1.165) is 18.8 Å². The van der Waals surface area contributed by atoms with Gasteiger partial charge in [0.05, 0.1) is 6.20 Å². The highest BCUT2D eigenvalue weighted by Gasteiger charge is 2.25. The van der Waals surface area contributed by atoms with Gasteiger partial charge >= 0.3 is 0 Å². The first kappa shape index (κ1) is 11.9. The predicted octanol–water partition coefficient (Wildman–Crippen LogP) is 1.96. The summed E-state index contributed by atoms with van der Waals surface area (Å²) in [7, 11) is 1.96. The van der Waals surface area contributed by atoms with Crippen LogP contribution in [-0.2, 0) is 13.5 Å². The maximum absolute atomic E-state index is 5.95. The van der Waals surface area contributed by atoms with Crippen LogP contribution in [0.3, 0.4) is 0 Å². The van der Waals surface area contributed by atoms with Crippen LogP contribution in [0.5, 0.6) is 0 Å². The zero-order chi connectivity index (χ0) is 11.4. The maximum atomic E-state index is 5.95. The lowest BCUT2D eigenvalue weighted by Crippen LogP contribution is -2.34. The van der Waals surface area contributed by atoms with Crippen LogP contribution in [0.2, 0.25) is 0 Å². The normalized spacial score (nSPS) is 25.1. The van der Waals surface area contributed by atoms with E-state index in [0.29, 0.717) is 12.0 Å². The molecule has 1 aliphatic carbocycles. The third kappa shape index (κ3) is 2.98. The maximum Gasteiger partial charge on any atom is 0.0522 e. The molecule has 3 nitrogen and oxygen atoms in total. The molecule has 1 heterocycles. The van der Waals surface area contributed by atoms with Gasteiger partial charge in [-0.15, -0.1) is 11.6 Å². The number of hydrogen-bond acceptors (Lipinski definition) is 2. The Hall–Kier alpha value is -0.540. The van der Waals surface area contributed by atoms with Crippen molar-refractivity contribution in [2.45, 2.75) is 31.7 Å². The summed E-state index contributed by atoms with van der Waals surface area (Å²) in [5, 5.41) is 7.78. The fourth-order valence-electron chi connectivity index (χ4n) is 2.49. The second-order valence-electron chi connectivity index (χ2n) is 4.68. The van der Waals surface area contributed by atoms with Crippen LogP contribution >= 0.6 is 11.6 Å². The summed E-state index contributed by atoms with van der Waals surface area (Å²) in [6, 6.07) is 0.633. The van der Waals surface area contributed by atoms with Crippen molar-refractivity contribution in [3.8, 4) is 0 Å². The highest BCUT2D eigenvalue weighted by molar-refractivity contribution is 6.18. The monoisotopic (exact) mass is 241 g/mol. The Labute approximate surface area is 102 Å². The first-order valence-electron chi connectivity index (χ1n) is 6.06. The Morgan fingerprint density at radius 3 is 3.12 bits per heavy atom. The van der Waals surface area contributed by atoms with Gasteiger partial charge in [0, 0.05) is 25.2 Å². The van der Waals surface area contributed by atoms with Gasteiger partial charge in [-0.3, -0.25) is 4.68 Å². The number of alkyl halides is 1. The average Bonchev–Trinajstić information content (AvgIpc) is 2.87. The van der Waals surface area contributed by atoms with Gasteiger partial charge in [-0.1, -0.05) is 6.42 Å². The molecule has 0 saturated heterocycles. The van der Waals surface area contributed by atoms with E-state index in [1.807, 2.05) is 17.9 Å². The number of hydrogen-bond donors (Lipinski definition) is 1. The lowest BCUT2D eigenvalue weighted by atomic mass is 10.1. The van der Waals surface area contributed by atoms with Crippen LogP contribution in [0, 0.1) is 5.92 Å². The third-order valence-electron chi connectivity index (χ3n) is 3.44. The van der Waals surface area contributed by atoms with Crippen LogP contribution < -0.4 is 5.32 Å². The molecule has 0 spiro atoms. The zero-order valence-electron chi connectivity index (χ0n) is 9.82. The molecule has 0 bridgehead atoms. The summed E-state index contributed by atoms with van der Waals surface area (Å²) in [5.74, 6) is 1.47. The predicted molar refractivity (Wildman–Crippen MR) is 66.8 cm³/mol. The minimum atomic E-state index is 0.633. The summed E-state index contributed by atoms with van der Waals surface area (Å²) in [6.07, 6.45) is 8.96. The smallest absolute Gasteiger partial charge is 0.0522 e. The van der Waals surface area contributed by atoms with Gasteiger partial charge in [0.2, 0.25) is 0 Å². The first-order valence-corrected chi connectivity index (χ1v) is 6.60. The molecule has 4 heteroatoms. The molecule has 0 amide bonds. The van der Waals surface area contributed by atoms with Gasteiger partial charge < -0.3 is 5.32 Å². The van der Waals surface area contributed by atoms with Crippen molar-refractivity contribution >= 4 is 11.6 Å². The van der Waals surface area contributed by atoms with Crippen molar-refractivity contribution in [3.63, 3.8) is 0 Å². The molecule has 1 N–H and O–H groups in total. The van der Waals surface area contributed by atoms with Crippen LogP contribution in [0.25, 0.3) is 0 Å². The molecule has 1 aliphatic rings. The minimum absolute atomic E-state index is 0.633. The molecule has 0 aliphatic heterocycles. The molecule has 0 aromatic carbocycles. The van der Waals surface area contributed by atoms with E-state index in [4.69, 9.17) is 11.6 Å². The van der Waals surface area contributed by atoms with Gasteiger partial charge in [0.1, 0.15) is 0 Å². The SMILES string of the molecule is Cn1cc(CCNC2CCCC2CCl)cn1. The molecular weight excluding hydrogens is 222 g/mol. The van der Waals surface area contributed by atoms with Crippen LogP contribution in [-0.4, -0.2) is 28.2 Å². The molecule has 0 radical (unpaired) electrons. The molecule has 1 aromatic heterocycles. The number of nitrogens with one attached hydrogen (secondary N) is 1. The molecule has 2 rings (SSSR count). The topological polar surface area (TPSA) is 29.9 Å². The fourth-order valence-corrected chi connectivity index (χ4v) is 2.86. The summed E-state index contributed by atoms with van der Waals surface area (Å²) in [4.78, 5) is 0. The number of nitrogens with zero attached hydrogens (tertiary/aromatic N) is 2. The number of aromatic nitrogens is 2. The fraction of sp³-hybridized carbons (Fsp3) is 0.750. The lowest BCUT2D eigenvalue weighted by molar-refractivity contribution is 0.433. The Balaban J connectivity index is 1.71. The Morgan fingerprint density at radius 2 is 2.44 bits per heavy atom. The molecule has 1 aromatic rings. The molecule has 1 fully saturated rings. The zero-order valence-corrected chi connectivity index (χ0v) is 10.6. The standard InChI is InChI=1S/C12H20ClN3/c1-16-9-10(8-15-16)5-6-14-12-4-2-3-11(12)7-13/h8-9,11-12,14H,2-7H2,1H3. The van der Waals surface area contributed by atoms with Crippen LogP contribution in [0.1, 0.15) is 24.8 Å². The van der Waals surface area contributed by atoms with E-state index >= 15 is 0 Å². The minimum Gasteiger partial charge on any atom is -0.313 e. The van der Waals surface area contributed by atoms with E-state index in [2.05, 4.69) is 16.6 Å². The molecule has 2 unspecified atom stereocenters. The van der Waals surface area contributed by atoms with Crippen molar-refractivity contribution in [2.75, 3.05) is 12.4 Å². The summed E-state index contributed by atoms with van der Waals surface area (Å²) >= 11 is 5.95. The quantitative estimate of drug-likeness (QED) is 0.799. The Morgan fingerprint density at radius 1 is 1.56 bits per heavy atom. The van der Waals surface area contributed by atoms with Crippen molar-refractivity contribution < 1.29 is 0 Å². The molecule has 90 valence electrons. The van der Waals surface area contributed by atoms with Crippen LogP contribution in [0.4, 0.5) is 0 Å². The summed E-state index contributed by atoms with van der Waals surface area (Å²) < 4.78 is 1.85. The van der Waals surface area contributed by atoms with Gasteiger partial charge in [-0.05, 0) is 37.3 Å². The van der Waals surface area contributed by atoms with Crippen molar-refractivity contribution in [1.29, 1.82) is 0 Å². The molecule has 1 saturated carbocycles. The summed E-state index contributed by atoms with van der Waals surface area (Å²) in [5.41, 5.74) is 1.30. The number of halogens is 1. The van der Waals surface area contributed by atoms with E-state index < -0.39 is 0 Å². The van der Waals surface area contributed by atoms with Gasteiger partial charge in [-0.2, -0.15) is 5.10 Å². The van der Waals surface area contributed by atoms with E-state index in [1.54, 1.807) is 0 Å². The third-order valence-corrected chi connectivity index (χ3v) is 3.83. The number of rotatable bonds is 5. The van der Waals surface area contributed by atoms with Gasteiger partial charge in [0.25, 0.3) is 0 Å². The van der Waals surface area contributed by atoms with E-state index in [1.165, 1.54) is 24.8 Å². The highest BCUT2D eigenvalue weighted by atomic mass is 35.5. The first-order chi connectivity index (χ1) is 7.79. The molecule has 2 atom stereocenters. The lowest BCUT2D eigenvalue weighted by Gasteiger charge is -2.18. The van der Waals surface area contributed by atoms with Gasteiger partial charge in [-0.25, -0.2) is 0 Å².